The molecule has 0 bridgehead atoms. The molecular weight excluding hydrogens is 701 g/mol. The van der Waals surface area contributed by atoms with E-state index in [1.54, 1.807) is 0 Å². The van der Waals surface area contributed by atoms with Crippen LogP contribution in [0.15, 0.2) is 204 Å². The molecule has 5 unspecified atom stereocenters. The zero-order chi connectivity index (χ0) is 37.0. The lowest BCUT2D eigenvalue weighted by atomic mass is 9.82. The number of hydrogen-bond acceptors (Lipinski definition) is 4. The second kappa shape index (κ2) is 13.7. The maximum atomic E-state index is 5.38. The molecule has 0 spiro atoms. The van der Waals surface area contributed by atoms with Crippen LogP contribution in [0, 0.1) is 11.8 Å². The highest BCUT2D eigenvalue weighted by molar-refractivity contribution is 8.01. The first-order valence-electron chi connectivity index (χ1n) is 19.4. The molecule has 0 radical (unpaired) electrons. The van der Waals surface area contributed by atoms with Gasteiger partial charge in [0.15, 0.2) is 6.17 Å². The fourth-order valence-corrected chi connectivity index (χ4v) is 10.6. The largest absolute Gasteiger partial charge is 0.324 e. The predicted octanol–water partition coefficient (Wildman–Crippen LogP) is 11.9. The highest BCUT2D eigenvalue weighted by atomic mass is 32.2. The minimum absolute atomic E-state index is 0.354. The molecule has 4 nitrogen and oxygen atoms in total. The third-order valence-corrected chi connectivity index (χ3v) is 13.2. The minimum Gasteiger partial charge on any atom is -0.324 e. The summed E-state index contributed by atoms with van der Waals surface area (Å²) in [5, 5.41) is 7.07. The smallest absolute Gasteiger partial charge is 0.169 e. The van der Waals surface area contributed by atoms with Crippen molar-refractivity contribution >= 4 is 50.9 Å². The van der Waals surface area contributed by atoms with Crippen molar-refractivity contribution < 1.29 is 0 Å². The van der Waals surface area contributed by atoms with Gasteiger partial charge in [-0.2, -0.15) is 0 Å². The van der Waals surface area contributed by atoms with Gasteiger partial charge in [0.25, 0.3) is 0 Å². The molecule has 11 rings (SSSR count). The number of benzene rings is 6. The number of fused-ring (bicyclic) bond motifs is 6. The highest BCUT2D eigenvalue weighted by Crippen LogP contribution is 2.52. The Morgan fingerprint density at radius 2 is 1.11 bits per heavy atom. The molecule has 5 heteroatoms. The van der Waals surface area contributed by atoms with Crippen molar-refractivity contribution in [2.24, 2.45) is 21.8 Å². The summed E-state index contributed by atoms with van der Waals surface area (Å²) in [6.45, 7) is 0. The summed E-state index contributed by atoms with van der Waals surface area (Å²) >= 11 is 2.10. The van der Waals surface area contributed by atoms with Crippen LogP contribution in [0.2, 0.25) is 0 Å². The fraction of sp³-hybridized carbons (Fsp3) is 0.0980. The van der Waals surface area contributed by atoms with Gasteiger partial charge in [-0.05, 0) is 58.2 Å². The third-order valence-electron chi connectivity index (χ3n) is 11.6. The van der Waals surface area contributed by atoms with Gasteiger partial charge in [0.1, 0.15) is 11.7 Å². The first kappa shape index (κ1) is 33.0. The van der Waals surface area contributed by atoms with E-state index < -0.39 is 6.17 Å². The highest BCUT2D eigenvalue weighted by Gasteiger charge is 2.44. The van der Waals surface area contributed by atoms with Gasteiger partial charge in [-0.3, -0.25) is 0 Å². The second-order valence-corrected chi connectivity index (χ2v) is 16.2. The average Bonchev–Trinajstić information content (AvgIpc) is 3.83. The Morgan fingerprint density at radius 3 is 1.91 bits per heavy atom. The molecule has 0 amide bonds. The molecule has 1 saturated heterocycles. The van der Waals surface area contributed by atoms with Gasteiger partial charge in [-0.25, -0.2) is 9.98 Å². The number of hydrogen-bond donors (Lipinski definition) is 1. The topological polar surface area (TPSA) is 41.7 Å². The van der Waals surface area contributed by atoms with Gasteiger partial charge in [-0.1, -0.05) is 164 Å². The van der Waals surface area contributed by atoms with Gasteiger partial charge in [0.05, 0.1) is 16.3 Å². The predicted molar refractivity (Wildman–Crippen MR) is 236 cm³/mol. The van der Waals surface area contributed by atoms with E-state index in [-0.39, 0.29) is 0 Å². The van der Waals surface area contributed by atoms with Crippen LogP contribution in [0.4, 0.5) is 0 Å². The van der Waals surface area contributed by atoms with Crippen molar-refractivity contribution in [3.8, 4) is 22.3 Å². The van der Waals surface area contributed by atoms with E-state index >= 15 is 0 Å². The first-order valence-corrected chi connectivity index (χ1v) is 20.4. The Kier molecular flexibility index (Phi) is 8.06. The van der Waals surface area contributed by atoms with E-state index in [9.17, 15) is 0 Å². The summed E-state index contributed by atoms with van der Waals surface area (Å²) in [7, 11) is 0. The zero-order valence-corrected chi connectivity index (χ0v) is 31.4. The second-order valence-electron chi connectivity index (χ2n) is 14.9. The first-order chi connectivity index (χ1) is 27.7. The number of aliphatic imine (C=N–C) groups is 2. The van der Waals surface area contributed by atoms with Crippen LogP contribution in [0.3, 0.4) is 0 Å². The molecule has 7 aromatic rings. The quantitative estimate of drug-likeness (QED) is 0.185. The lowest BCUT2D eigenvalue weighted by molar-refractivity contribution is 0.527. The molecule has 2 aliphatic carbocycles. The summed E-state index contributed by atoms with van der Waals surface area (Å²) in [5.74, 6) is 2.57. The monoisotopic (exact) mass is 738 g/mol. The van der Waals surface area contributed by atoms with E-state index in [1.165, 1.54) is 38.6 Å². The molecule has 0 saturated carbocycles. The molecule has 56 heavy (non-hydrogen) atoms. The van der Waals surface area contributed by atoms with Crippen LogP contribution < -0.4 is 5.32 Å². The van der Waals surface area contributed by atoms with Gasteiger partial charge in [0, 0.05) is 44.7 Å². The summed E-state index contributed by atoms with van der Waals surface area (Å²) in [6, 6.07) is 54.0. The van der Waals surface area contributed by atoms with Crippen LogP contribution >= 0.6 is 11.8 Å². The average molecular weight is 739 g/mol. The van der Waals surface area contributed by atoms with Crippen molar-refractivity contribution in [3.05, 3.63) is 211 Å². The van der Waals surface area contributed by atoms with Crippen LogP contribution in [0.1, 0.15) is 22.9 Å². The van der Waals surface area contributed by atoms with Gasteiger partial charge < -0.3 is 9.88 Å². The lowest BCUT2D eigenvalue weighted by Crippen LogP contribution is -2.36. The van der Waals surface area contributed by atoms with Crippen molar-refractivity contribution in [1.29, 1.82) is 0 Å². The molecule has 1 N–H and O–H groups in total. The van der Waals surface area contributed by atoms with Gasteiger partial charge >= 0.3 is 0 Å². The van der Waals surface area contributed by atoms with Crippen molar-refractivity contribution in [2.45, 2.75) is 16.7 Å². The van der Waals surface area contributed by atoms with E-state index in [0.717, 1.165) is 39.5 Å². The number of nitrogens with one attached hydrogen (secondary N) is 1. The Morgan fingerprint density at radius 1 is 0.482 bits per heavy atom. The van der Waals surface area contributed by atoms with E-state index in [0.29, 0.717) is 22.3 Å². The maximum absolute atomic E-state index is 5.38. The maximum Gasteiger partial charge on any atom is 0.169 e. The number of aromatic nitrogens is 1. The molecule has 1 aromatic heterocycles. The van der Waals surface area contributed by atoms with Crippen LogP contribution in [-0.2, 0) is 0 Å². The number of allylic oxidation sites excluding steroid dienone is 6. The van der Waals surface area contributed by atoms with Crippen molar-refractivity contribution in [3.63, 3.8) is 0 Å². The SMILES string of the molecule is C1=CC2SC3C(n4c5ccccc5c5ccc(C6=NC(c7cccc(-c8ccccc8)c7)N=C(c7cccc(-c8ccccc8)c7)N6)cc54)=CC=CC3C2C=C1. The number of rotatable bonds is 6. The zero-order valence-electron chi connectivity index (χ0n) is 30.6. The fourth-order valence-electron chi connectivity index (χ4n) is 8.90. The standard InChI is InChI=1S/C51H38N4S/c1-3-14-33(15-4-1)35-18-11-20-37(30-35)49-52-50(38-21-12-19-36(31-38)34-16-5-2-6-17-34)54-51(53-49)39-28-29-41-40-22-7-9-25-44(40)55(46(41)32-39)45-26-13-24-43-42-23-8-10-27-47(42)56-48(43)45/h1-32,42-43,47-49H,(H,52,53,54). The molecule has 4 aliphatic rings. The molecular formula is C51H38N4S. The summed E-state index contributed by atoms with van der Waals surface area (Å²) < 4.78 is 2.52. The molecule has 3 heterocycles. The number of amidine groups is 2. The van der Waals surface area contributed by atoms with Crippen molar-refractivity contribution in [2.75, 3.05) is 0 Å². The Balaban J connectivity index is 1.05. The van der Waals surface area contributed by atoms with E-state index in [4.69, 9.17) is 9.98 Å². The Labute approximate surface area is 331 Å². The van der Waals surface area contributed by atoms with Crippen LogP contribution in [0.5, 0.6) is 0 Å². The van der Waals surface area contributed by atoms with Crippen LogP contribution in [-0.4, -0.2) is 26.7 Å². The summed E-state index contributed by atoms with van der Waals surface area (Å²) in [4.78, 5) is 10.7. The molecule has 6 aromatic carbocycles. The van der Waals surface area contributed by atoms with E-state index in [1.807, 2.05) is 0 Å². The molecule has 2 aliphatic heterocycles. The Bertz CT molecular complexity index is 2840. The van der Waals surface area contributed by atoms with Crippen molar-refractivity contribution in [1.82, 2.24) is 9.88 Å². The summed E-state index contributed by atoms with van der Waals surface area (Å²) in [6.07, 6.45) is 15.8. The molecule has 5 atom stereocenters. The summed E-state index contributed by atoms with van der Waals surface area (Å²) in [5.41, 5.74) is 11.5. The normalized spacial score (nSPS) is 22.3. The van der Waals surface area contributed by atoms with Gasteiger partial charge in [0.2, 0.25) is 0 Å². The third kappa shape index (κ3) is 5.70. The molecule has 268 valence electrons. The van der Waals surface area contributed by atoms with Crippen LogP contribution in [0.25, 0.3) is 49.8 Å². The molecule has 1 fully saturated rings. The number of para-hydroxylation sites is 1. The number of nitrogens with zero attached hydrogens (tertiary/aromatic N) is 3. The van der Waals surface area contributed by atoms with E-state index in [2.05, 4.69) is 216 Å². The van der Waals surface area contributed by atoms with Gasteiger partial charge in [-0.15, -0.1) is 11.8 Å². The Hall–Kier alpha value is -6.43. The lowest BCUT2D eigenvalue weighted by Gasteiger charge is -2.27. The minimum atomic E-state index is -0.432. The number of thioether (sulfide) groups is 1.